The van der Waals surface area contributed by atoms with Gasteiger partial charge < -0.3 is 5.11 Å². The quantitative estimate of drug-likeness (QED) is 0.361. The van der Waals surface area contributed by atoms with Gasteiger partial charge in [-0.15, -0.1) is 11.6 Å². The van der Waals surface area contributed by atoms with Gasteiger partial charge in [-0.05, 0) is 19.3 Å². The summed E-state index contributed by atoms with van der Waals surface area (Å²) < 4.78 is 0. The summed E-state index contributed by atoms with van der Waals surface area (Å²) in [6.45, 7) is 0.319. The van der Waals surface area contributed by atoms with E-state index in [1.54, 1.807) is 0 Å². The fourth-order valence-electron chi connectivity index (χ4n) is 0.732. The Morgan fingerprint density at radius 2 is 1.90 bits per heavy atom. The third-order valence-electron chi connectivity index (χ3n) is 1.28. The molecule has 0 amide bonds. The van der Waals surface area contributed by atoms with Crippen molar-refractivity contribution in [1.29, 1.82) is 0 Å². The molecule has 0 unspecified atom stereocenters. The molecule has 0 aromatic rings. The molecule has 0 saturated carbocycles. The van der Waals surface area contributed by atoms with Crippen LogP contribution < -0.4 is 0 Å². The van der Waals surface area contributed by atoms with Crippen molar-refractivity contribution in [3.63, 3.8) is 0 Å². The van der Waals surface area contributed by atoms with E-state index in [-0.39, 0.29) is 0 Å². The second kappa shape index (κ2) is 8.99. The van der Waals surface area contributed by atoms with Crippen molar-refractivity contribution in [2.45, 2.75) is 25.7 Å². The first-order valence-corrected chi connectivity index (χ1v) is 4.27. The second-order valence-corrected chi connectivity index (χ2v) is 2.51. The summed E-state index contributed by atoms with van der Waals surface area (Å²) in [6, 6.07) is 0. The SMILES string of the molecule is OCCCCC/C=C/CCl. The molecule has 0 fully saturated rings. The van der Waals surface area contributed by atoms with Gasteiger partial charge in [-0.25, -0.2) is 0 Å². The Morgan fingerprint density at radius 1 is 1.10 bits per heavy atom. The molecular weight excluding hydrogens is 148 g/mol. The molecule has 60 valence electrons. The number of allylic oxidation sites excluding steroid dienone is 2. The van der Waals surface area contributed by atoms with Crippen LogP contribution in [0.2, 0.25) is 0 Å². The van der Waals surface area contributed by atoms with Crippen LogP contribution >= 0.6 is 11.6 Å². The molecule has 0 radical (unpaired) electrons. The highest BCUT2D eigenvalue weighted by Gasteiger charge is 1.83. The smallest absolute Gasteiger partial charge is 0.0431 e. The van der Waals surface area contributed by atoms with Crippen molar-refractivity contribution in [3.05, 3.63) is 12.2 Å². The minimum absolute atomic E-state index is 0.319. The van der Waals surface area contributed by atoms with Crippen LogP contribution in [0.1, 0.15) is 25.7 Å². The molecule has 0 aromatic carbocycles. The van der Waals surface area contributed by atoms with Crippen LogP contribution in [-0.2, 0) is 0 Å². The molecule has 1 N–H and O–H groups in total. The first-order chi connectivity index (χ1) is 4.91. The van der Waals surface area contributed by atoms with E-state index in [9.17, 15) is 0 Å². The van der Waals surface area contributed by atoms with Crippen LogP contribution in [0.4, 0.5) is 0 Å². The van der Waals surface area contributed by atoms with Crippen molar-refractivity contribution in [3.8, 4) is 0 Å². The van der Waals surface area contributed by atoms with E-state index < -0.39 is 0 Å². The molecule has 0 aliphatic carbocycles. The molecule has 1 nitrogen and oxygen atoms in total. The van der Waals surface area contributed by atoms with E-state index in [0.717, 1.165) is 25.7 Å². The Morgan fingerprint density at radius 3 is 2.50 bits per heavy atom. The number of hydrogen-bond acceptors (Lipinski definition) is 1. The molecule has 10 heavy (non-hydrogen) atoms. The Hall–Kier alpha value is -0.0100. The van der Waals surface area contributed by atoms with E-state index in [4.69, 9.17) is 16.7 Å². The van der Waals surface area contributed by atoms with Gasteiger partial charge in [0.1, 0.15) is 0 Å². The summed E-state index contributed by atoms with van der Waals surface area (Å²) in [4.78, 5) is 0. The largest absolute Gasteiger partial charge is 0.396 e. The zero-order valence-electron chi connectivity index (χ0n) is 6.22. The molecule has 0 saturated heterocycles. The maximum atomic E-state index is 8.43. The number of halogens is 1. The Bertz CT molecular complexity index is 81.3. The number of rotatable bonds is 6. The van der Waals surface area contributed by atoms with Crippen LogP contribution in [0.5, 0.6) is 0 Å². The average Bonchev–Trinajstić information content (AvgIpc) is 1.97. The van der Waals surface area contributed by atoms with Gasteiger partial charge >= 0.3 is 0 Å². The minimum atomic E-state index is 0.319. The molecule has 0 aliphatic heterocycles. The van der Waals surface area contributed by atoms with E-state index in [1.807, 2.05) is 6.08 Å². The lowest BCUT2D eigenvalue weighted by Gasteiger charge is -1.92. The maximum Gasteiger partial charge on any atom is 0.0431 e. The molecule has 0 bridgehead atoms. The fraction of sp³-hybridized carbons (Fsp3) is 0.750. The fourth-order valence-corrected chi connectivity index (χ4v) is 0.858. The molecule has 0 rings (SSSR count). The van der Waals surface area contributed by atoms with Crippen molar-refractivity contribution in [2.24, 2.45) is 0 Å². The molecule has 0 aliphatic rings. The van der Waals surface area contributed by atoms with E-state index in [1.165, 1.54) is 0 Å². The Kier molecular flexibility index (Phi) is 8.98. The molecule has 0 spiro atoms. The predicted octanol–water partition coefficient (Wildman–Crippen LogP) is 2.33. The van der Waals surface area contributed by atoms with Gasteiger partial charge in [0, 0.05) is 12.5 Å². The lowest BCUT2D eigenvalue weighted by Crippen LogP contribution is -1.81. The van der Waals surface area contributed by atoms with Gasteiger partial charge in [-0.2, -0.15) is 0 Å². The first kappa shape index (κ1) is 9.99. The van der Waals surface area contributed by atoms with Gasteiger partial charge in [-0.1, -0.05) is 18.6 Å². The average molecular weight is 163 g/mol. The summed E-state index contributed by atoms with van der Waals surface area (Å²) in [6.07, 6.45) is 8.34. The third-order valence-corrected chi connectivity index (χ3v) is 1.46. The van der Waals surface area contributed by atoms with Crippen LogP contribution in [0, 0.1) is 0 Å². The van der Waals surface area contributed by atoms with Gasteiger partial charge in [0.25, 0.3) is 0 Å². The predicted molar refractivity (Wildman–Crippen MR) is 45.4 cm³/mol. The third kappa shape index (κ3) is 7.99. The van der Waals surface area contributed by atoms with Gasteiger partial charge in [0.05, 0.1) is 0 Å². The lowest BCUT2D eigenvalue weighted by molar-refractivity contribution is 0.283. The van der Waals surface area contributed by atoms with E-state index in [2.05, 4.69) is 6.08 Å². The summed E-state index contributed by atoms with van der Waals surface area (Å²) in [5.41, 5.74) is 0. The van der Waals surface area contributed by atoms with Gasteiger partial charge in [0.15, 0.2) is 0 Å². The highest BCUT2D eigenvalue weighted by molar-refractivity contribution is 6.18. The van der Waals surface area contributed by atoms with Crippen molar-refractivity contribution in [2.75, 3.05) is 12.5 Å². The van der Waals surface area contributed by atoms with Gasteiger partial charge in [-0.3, -0.25) is 0 Å². The van der Waals surface area contributed by atoms with E-state index >= 15 is 0 Å². The van der Waals surface area contributed by atoms with Crippen molar-refractivity contribution >= 4 is 11.6 Å². The van der Waals surface area contributed by atoms with Crippen LogP contribution in [0.3, 0.4) is 0 Å². The number of hydrogen-bond donors (Lipinski definition) is 1. The molecular formula is C8H15ClO. The second-order valence-electron chi connectivity index (χ2n) is 2.20. The standard InChI is InChI=1S/C8H15ClO/c9-7-5-3-1-2-4-6-8-10/h3,5,10H,1-2,4,6-8H2/b5-3+. The number of aliphatic hydroxyl groups is 1. The molecule has 0 heterocycles. The minimum Gasteiger partial charge on any atom is -0.396 e. The van der Waals surface area contributed by atoms with Crippen LogP contribution in [0.25, 0.3) is 0 Å². The molecule has 2 heteroatoms. The molecule has 0 atom stereocenters. The normalized spacial score (nSPS) is 11.0. The maximum absolute atomic E-state index is 8.43. The van der Waals surface area contributed by atoms with Crippen molar-refractivity contribution in [1.82, 2.24) is 0 Å². The topological polar surface area (TPSA) is 20.2 Å². The lowest BCUT2D eigenvalue weighted by atomic mass is 10.2. The monoisotopic (exact) mass is 162 g/mol. The molecule has 0 aromatic heterocycles. The van der Waals surface area contributed by atoms with E-state index in [0.29, 0.717) is 12.5 Å². The van der Waals surface area contributed by atoms with Crippen molar-refractivity contribution < 1.29 is 5.11 Å². The summed E-state index contributed by atoms with van der Waals surface area (Å²) in [7, 11) is 0. The first-order valence-electron chi connectivity index (χ1n) is 3.73. The summed E-state index contributed by atoms with van der Waals surface area (Å²) in [5.74, 6) is 0.611. The number of alkyl halides is 1. The summed E-state index contributed by atoms with van der Waals surface area (Å²) in [5, 5.41) is 8.43. The van der Waals surface area contributed by atoms with Crippen LogP contribution in [-0.4, -0.2) is 17.6 Å². The summed E-state index contributed by atoms with van der Waals surface area (Å²) >= 11 is 5.41. The highest BCUT2D eigenvalue weighted by atomic mass is 35.5. The van der Waals surface area contributed by atoms with Gasteiger partial charge in [0.2, 0.25) is 0 Å². The Balaban J connectivity index is 2.83. The zero-order valence-corrected chi connectivity index (χ0v) is 6.98. The van der Waals surface area contributed by atoms with Crippen LogP contribution in [0.15, 0.2) is 12.2 Å². The number of aliphatic hydroxyl groups excluding tert-OH is 1. The number of unbranched alkanes of at least 4 members (excludes halogenated alkanes) is 3. The zero-order chi connectivity index (χ0) is 7.66. The highest BCUT2D eigenvalue weighted by Crippen LogP contribution is 1.99. The Labute approximate surface area is 67.7 Å².